The third kappa shape index (κ3) is 6.22. The van der Waals surface area contributed by atoms with Gasteiger partial charge in [-0.2, -0.15) is 0 Å². The largest absolute Gasteiger partial charge is 0.491 e. The molecule has 2 aliphatic carbocycles. The fraction of sp³-hybridized carbons (Fsp3) is 0.483. The molecule has 1 aromatic carbocycles. The number of aromatic nitrogens is 3. The molecule has 0 amide bonds. The highest BCUT2D eigenvalue weighted by atomic mass is 35.5. The third-order valence-corrected chi connectivity index (χ3v) is 7.55. The summed E-state index contributed by atoms with van der Waals surface area (Å²) in [6, 6.07) is 10.1. The van der Waals surface area contributed by atoms with Crippen molar-refractivity contribution in [2.75, 3.05) is 32.1 Å². The van der Waals surface area contributed by atoms with Gasteiger partial charge in [-0.3, -0.25) is 4.98 Å². The molecule has 2 aliphatic rings. The number of hydrogen-bond donors (Lipinski definition) is 2. The summed E-state index contributed by atoms with van der Waals surface area (Å²) in [5.41, 5.74) is 4.06. The standard InChI is InChI=1S/C29H36ClN5O2/c1-31-17-24(36)18-37-25-15-21(14-22(30)16-25)28-33-27(20-10-12-32-13-11-20)26(19-8-9-19)29(34-28)35(2)23-6-4-3-5-7-23/h10-16,19,23-24,31,36H,3-9,17-18H2,1-2H3. The van der Waals surface area contributed by atoms with Crippen LogP contribution in [-0.2, 0) is 0 Å². The van der Waals surface area contributed by atoms with Crippen molar-refractivity contribution < 1.29 is 9.84 Å². The van der Waals surface area contributed by atoms with Crippen molar-refractivity contribution in [2.45, 2.75) is 63.0 Å². The van der Waals surface area contributed by atoms with Gasteiger partial charge in [-0.1, -0.05) is 30.9 Å². The number of anilines is 1. The number of ether oxygens (including phenoxy) is 1. The molecule has 37 heavy (non-hydrogen) atoms. The molecule has 2 N–H and O–H groups in total. The van der Waals surface area contributed by atoms with E-state index in [0.717, 1.165) is 35.5 Å². The summed E-state index contributed by atoms with van der Waals surface area (Å²) in [5, 5.41) is 13.6. The van der Waals surface area contributed by atoms with Gasteiger partial charge >= 0.3 is 0 Å². The molecule has 2 saturated carbocycles. The quantitative estimate of drug-likeness (QED) is 0.366. The van der Waals surface area contributed by atoms with E-state index >= 15 is 0 Å². The molecule has 3 aromatic rings. The highest BCUT2D eigenvalue weighted by Gasteiger charge is 2.34. The number of pyridine rings is 1. The van der Waals surface area contributed by atoms with Gasteiger partial charge in [0.2, 0.25) is 0 Å². The zero-order valence-corrected chi connectivity index (χ0v) is 22.4. The first-order valence-electron chi connectivity index (χ1n) is 13.3. The van der Waals surface area contributed by atoms with Crippen LogP contribution in [0.1, 0.15) is 56.4 Å². The first-order chi connectivity index (χ1) is 18.0. The second-order valence-electron chi connectivity index (χ2n) is 10.2. The lowest BCUT2D eigenvalue weighted by atomic mass is 9.93. The van der Waals surface area contributed by atoms with Crippen LogP contribution in [-0.4, -0.2) is 59.5 Å². The Balaban J connectivity index is 1.59. The maximum atomic E-state index is 10.1. The molecule has 0 saturated heterocycles. The number of halogens is 1. The van der Waals surface area contributed by atoms with Crippen LogP contribution in [0.4, 0.5) is 5.82 Å². The monoisotopic (exact) mass is 521 g/mol. The van der Waals surface area contributed by atoms with E-state index < -0.39 is 6.10 Å². The number of nitrogens with one attached hydrogen (secondary N) is 1. The van der Waals surface area contributed by atoms with E-state index in [1.807, 2.05) is 36.7 Å². The van der Waals surface area contributed by atoms with E-state index in [1.54, 1.807) is 13.1 Å². The van der Waals surface area contributed by atoms with Gasteiger partial charge < -0.3 is 20.1 Å². The van der Waals surface area contributed by atoms with Gasteiger partial charge in [0, 0.05) is 53.7 Å². The molecule has 1 atom stereocenters. The van der Waals surface area contributed by atoms with Crippen LogP contribution in [0.25, 0.3) is 22.6 Å². The first-order valence-corrected chi connectivity index (χ1v) is 13.7. The van der Waals surface area contributed by atoms with Gasteiger partial charge in [-0.05, 0) is 69.0 Å². The first kappa shape index (κ1) is 25.9. The second kappa shape index (κ2) is 11.8. The maximum absolute atomic E-state index is 10.1. The Morgan fingerprint density at radius 3 is 2.51 bits per heavy atom. The van der Waals surface area contributed by atoms with E-state index in [4.69, 9.17) is 26.3 Å². The van der Waals surface area contributed by atoms with Crippen molar-refractivity contribution >= 4 is 17.4 Å². The lowest BCUT2D eigenvalue weighted by Crippen LogP contribution is -2.35. The highest BCUT2D eigenvalue weighted by Crippen LogP contribution is 2.49. The fourth-order valence-corrected chi connectivity index (χ4v) is 5.46. The Labute approximate surface area is 224 Å². The molecule has 2 heterocycles. The molecule has 5 rings (SSSR count). The summed E-state index contributed by atoms with van der Waals surface area (Å²) in [6.45, 7) is 0.616. The molecule has 0 spiro atoms. The molecule has 196 valence electrons. The molecule has 2 fully saturated rings. The van der Waals surface area contributed by atoms with Crippen molar-refractivity contribution in [3.05, 3.63) is 53.3 Å². The predicted molar refractivity (Wildman–Crippen MR) is 148 cm³/mol. The van der Waals surface area contributed by atoms with Crippen molar-refractivity contribution in [3.63, 3.8) is 0 Å². The highest BCUT2D eigenvalue weighted by molar-refractivity contribution is 6.31. The number of aliphatic hydroxyl groups is 1. The molecule has 0 radical (unpaired) electrons. The zero-order chi connectivity index (χ0) is 25.8. The molecule has 7 nitrogen and oxygen atoms in total. The Morgan fingerprint density at radius 1 is 1.05 bits per heavy atom. The molecule has 0 aliphatic heterocycles. The number of likely N-dealkylation sites (N-methyl/N-ethyl adjacent to an activating group) is 1. The Bertz CT molecular complexity index is 1200. The van der Waals surface area contributed by atoms with Crippen LogP contribution in [0.5, 0.6) is 5.75 Å². The topological polar surface area (TPSA) is 83.4 Å². The molecule has 1 unspecified atom stereocenters. The maximum Gasteiger partial charge on any atom is 0.162 e. The zero-order valence-electron chi connectivity index (χ0n) is 21.7. The van der Waals surface area contributed by atoms with Crippen LogP contribution in [0.3, 0.4) is 0 Å². The number of benzene rings is 1. The molecule has 2 aromatic heterocycles. The molecular formula is C29H36ClN5O2. The van der Waals surface area contributed by atoms with Crippen molar-refractivity contribution in [1.82, 2.24) is 20.3 Å². The summed E-state index contributed by atoms with van der Waals surface area (Å²) >= 11 is 6.52. The average molecular weight is 522 g/mol. The molecule has 0 bridgehead atoms. The summed E-state index contributed by atoms with van der Waals surface area (Å²) < 4.78 is 5.87. The van der Waals surface area contributed by atoms with Crippen molar-refractivity contribution in [3.8, 4) is 28.4 Å². The minimum absolute atomic E-state index is 0.167. The van der Waals surface area contributed by atoms with Crippen LogP contribution < -0.4 is 15.0 Å². The molecule has 8 heteroatoms. The summed E-state index contributed by atoms with van der Waals surface area (Å²) in [5.74, 6) is 2.71. The summed E-state index contributed by atoms with van der Waals surface area (Å²) in [7, 11) is 3.99. The van der Waals surface area contributed by atoms with Gasteiger partial charge in [0.1, 0.15) is 24.3 Å². The number of rotatable bonds is 10. The smallest absolute Gasteiger partial charge is 0.162 e. The Morgan fingerprint density at radius 2 is 1.81 bits per heavy atom. The SMILES string of the molecule is CNCC(O)COc1cc(Cl)cc(-c2nc(-c3ccncc3)c(C3CC3)c(N(C)C3CCCCC3)n2)c1. The van der Waals surface area contributed by atoms with E-state index in [2.05, 4.69) is 22.2 Å². The number of hydrogen-bond acceptors (Lipinski definition) is 7. The summed E-state index contributed by atoms with van der Waals surface area (Å²) in [4.78, 5) is 17.0. The average Bonchev–Trinajstić information content (AvgIpc) is 3.77. The predicted octanol–water partition coefficient (Wildman–Crippen LogP) is 5.46. The van der Waals surface area contributed by atoms with E-state index in [1.165, 1.54) is 37.7 Å². The number of aliphatic hydroxyl groups excluding tert-OH is 1. The minimum atomic E-state index is -0.615. The van der Waals surface area contributed by atoms with Gasteiger partial charge in [-0.25, -0.2) is 9.97 Å². The summed E-state index contributed by atoms with van der Waals surface area (Å²) in [6.07, 6.45) is 11.6. The normalized spacial score (nSPS) is 17.0. The van der Waals surface area contributed by atoms with E-state index in [9.17, 15) is 5.11 Å². The van der Waals surface area contributed by atoms with E-state index in [0.29, 0.717) is 35.1 Å². The Kier molecular flexibility index (Phi) is 8.23. The third-order valence-electron chi connectivity index (χ3n) is 7.33. The van der Waals surface area contributed by atoms with Crippen LogP contribution in [0.15, 0.2) is 42.7 Å². The minimum Gasteiger partial charge on any atom is -0.491 e. The van der Waals surface area contributed by atoms with Gasteiger partial charge in [0.05, 0.1) is 5.69 Å². The van der Waals surface area contributed by atoms with E-state index in [-0.39, 0.29) is 6.61 Å². The van der Waals surface area contributed by atoms with Crippen LogP contribution >= 0.6 is 11.6 Å². The van der Waals surface area contributed by atoms with Crippen LogP contribution in [0.2, 0.25) is 5.02 Å². The van der Waals surface area contributed by atoms with Crippen molar-refractivity contribution in [2.24, 2.45) is 0 Å². The second-order valence-corrected chi connectivity index (χ2v) is 10.7. The lowest BCUT2D eigenvalue weighted by Gasteiger charge is -2.34. The van der Waals surface area contributed by atoms with Crippen LogP contribution in [0, 0.1) is 0 Å². The van der Waals surface area contributed by atoms with Crippen molar-refractivity contribution in [1.29, 1.82) is 0 Å². The van der Waals surface area contributed by atoms with Gasteiger partial charge in [0.25, 0.3) is 0 Å². The van der Waals surface area contributed by atoms with Gasteiger partial charge in [-0.15, -0.1) is 0 Å². The van der Waals surface area contributed by atoms with Gasteiger partial charge in [0.15, 0.2) is 5.82 Å². The lowest BCUT2D eigenvalue weighted by molar-refractivity contribution is 0.108. The fourth-order valence-electron chi connectivity index (χ4n) is 5.24. The molecular weight excluding hydrogens is 486 g/mol. The number of nitrogens with zero attached hydrogens (tertiary/aromatic N) is 4. The Hall–Kier alpha value is -2.74.